The highest BCUT2D eigenvalue weighted by molar-refractivity contribution is 6.09. The van der Waals surface area contributed by atoms with E-state index in [0.717, 1.165) is 38.1 Å². The van der Waals surface area contributed by atoms with E-state index in [1.54, 1.807) is 0 Å². The second-order valence-corrected chi connectivity index (χ2v) is 8.63. The molecule has 0 aliphatic heterocycles. The number of anilines is 2. The van der Waals surface area contributed by atoms with Gasteiger partial charge in [-0.15, -0.1) is 0 Å². The van der Waals surface area contributed by atoms with Crippen LogP contribution in [0.15, 0.2) is 48.5 Å². The van der Waals surface area contributed by atoms with Crippen molar-refractivity contribution in [1.82, 2.24) is 0 Å². The summed E-state index contributed by atoms with van der Waals surface area (Å²) in [4.78, 5) is 71.1. The SMILES string of the molecule is CC1(C(=O)O)C(C(=O)Nc2ccc([N+](=O)[O-])cc2)C(C)(C(=O)O)C1C(=O)Nc1ccc([N+](=O)[O-])cc1. The molecule has 0 aromatic heterocycles. The second-order valence-electron chi connectivity index (χ2n) is 8.63. The van der Waals surface area contributed by atoms with Crippen molar-refractivity contribution >= 4 is 46.5 Å². The summed E-state index contributed by atoms with van der Waals surface area (Å²) >= 11 is 0. The van der Waals surface area contributed by atoms with Gasteiger partial charge in [0.1, 0.15) is 0 Å². The van der Waals surface area contributed by atoms with Gasteiger partial charge < -0.3 is 20.8 Å². The van der Waals surface area contributed by atoms with Gasteiger partial charge in [0.25, 0.3) is 11.4 Å². The molecule has 4 N–H and O–H groups in total. The van der Waals surface area contributed by atoms with Crippen LogP contribution >= 0.6 is 0 Å². The Morgan fingerprint density at radius 2 is 0.972 bits per heavy atom. The van der Waals surface area contributed by atoms with Crippen molar-refractivity contribution in [2.75, 3.05) is 10.6 Å². The third-order valence-corrected chi connectivity index (χ3v) is 6.54. The summed E-state index contributed by atoms with van der Waals surface area (Å²) in [6.45, 7) is 2.17. The second kappa shape index (κ2) is 9.05. The van der Waals surface area contributed by atoms with E-state index >= 15 is 0 Å². The molecule has 1 saturated carbocycles. The van der Waals surface area contributed by atoms with Gasteiger partial charge in [0, 0.05) is 35.6 Å². The first-order valence-corrected chi connectivity index (χ1v) is 10.3. The van der Waals surface area contributed by atoms with Crippen molar-refractivity contribution in [2.45, 2.75) is 13.8 Å². The number of carbonyl (C=O) groups is 4. The molecular formula is C22H20N4O10. The van der Waals surface area contributed by atoms with Crippen LogP contribution in [0.1, 0.15) is 13.8 Å². The number of aliphatic carboxylic acids is 2. The number of hydrogen-bond acceptors (Lipinski definition) is 8. The minimum atomic E-state index is -2.15. The summed E-state index contributed by atoms with van der Waals surface area (Å²) in [5.41, 5.74) is -4.70. The maximum absolute atomic E-state index is 13.1. The minimum absolute atomic E-state index is 0.0601. The Hall–Kier alpha value is -4.88. The van der Waals surface area contributed by atoms with Gasteiger partial charge in [0.05, 0.1) is 32.5 Å². The number of nitro groups is 2. The lowest BCUT2D eigenvalue weighted by Crippen LogP contribution is -2.74. The molecule has 14 nitrogen and oxygen atoms in total. The van der Waals surface area contributed by atoms with Gasteiger partial charge in [-0.25, -0.2) is 0 Å². The van der Waals surface area contributed by atoms with Gasteiger partial charge in [-0.05, 0) is 38.1 Å². The van der Waals surface area contributed by atoms with Crippen LogP contribution in [0.4, 0.5) is 22.7 Å². The van der Waals surface area contributed by atoms with Crippen LogP contribution in [0, 0.1) is 42.9 Å². The van der Waals surface area contributed by atoms with Crippen LogP contribution in [0.25, 0.3) is 0 Å². The number of carboxylic acids is 2. The van der Waals surface area contributed by atoms with Gasteiger partial charge in [-0.1, -0.05) is 0 Å². The highest BCUT2D eigenvalue weighted by Crippen LogP contribution is 2.64. The zero-order valence-electron chi connectivity index (χ0n) is 18.8. The van der Waals surface area contributed by atoms with Crippen molar-refractivity contribution in [2.24, 2.45) is 22.7 Å². The predicted octanol–water partition coefficient (Wildman–Crippen LogP) is 2.51. The average molecular weight is 500 g/mol. The number of nitrogens with zero attached hydrogens (tertiary/aromatic N) is 2. The highest BCUT2D eigenvalue weighted by atomic mass is 16.6. The number of carboxylic acid groups (broad SMARTS) is 2. The van der Waals surface area contributed by atoms with E-state index in [1.807, 2.05) is 0 Å². The van der Waals surface area contributed by atoms with Crippen molar-refractivity contribution in [3.8, 4) is 0 Å². The Kier molecular flexibility index (Phi) is 6.47. The zero-order valence-corrected chi connectivity index (χ0v) is 18.8. The summed E-state index contributed by atoms with van der Waals surface area (Å²) in [6.07, 6.45) is 0. The van der Waals surface area contributed by atoms with Crippen LogP contribution in [-0.4, -0.2) is 43.8 Å². The molecular weight excluding hydrogens is 480 g/mol. The molecule has 36 heavy (non-hydrogen) atoms. The Morgan fingerprint density at radius 1 is 0.694 bits per heavy atom. The van der Waals surface area contributed by atoms with E-state index in [2.05, 4.69) is 10.6 Å². The van der Waals surface area contributed by atoms with Gasteiger partial charge >= 0.3 is 11.9 Å². The van der Waals surface area contributed by atoms with Gasteiger partial charge in [0.15, 0.2) is 0 Å². The lowest BCUT2D eigenvalue weighted by Gasteiger charge is -2.59. The molecule has 3 rings (SSSR count). The van der Waals surface area contributed by atoms with Gasteiger partial charge in [-0.2, -0.15) is 0 Å². The summed E-state index contributed by atoms with van der Waals surface area (Å²) < 4.78 is 0. The normalized spacial score (nSPS) is 24.6. The monoisotopic (exact) mass is 500 g/mol. The third kappa shape index (κ3) is 4.08. The number of rotatable bonds is 8. The van der Waals surface area contributed by atoms with Crippen molar-refractivity contribution in [3.05, 3.63) is 68.8 Å². The van der Waals surface area contributed by atoms with Crippen LogP contribution in [0.2, 0.25) is 0 Å². The van der Waals surface area contributed by atoms with Crippen molar-refractivity contribution in [3.63, 3.8) is 0 Å². The molecule has 14 heteroatoms. The standard InChI is InChI=1S/C22H20N4O10/c1-21(19(29)30)15(17(27)23-11-3-7-13(8-4-11)25(33)34)22(2,20(31)32)16(21)18(28)24-12-5-9-14(10-6-12)26(35)36/h3-10,15-16H,1-2H3,(H,23,27)(H,24,28)(H,29,30)(H,31,32). The van der Waals surface area contributed by atoms with Crippen LogP contribution in [0.3, 0.4) is 0 Å². The number of nitro benzene ring substituents is 2. The summed E-state index contributed by atoms with van der Waals surface area (Å²) in [5.74, 6) is -8.59. The fraction of sp³-hybridized carbons (Fsp3) is 0.273. The number of non-ortho nitro benzene ring substituents is 2. The fourth-order valence-electron chi connectivity index (χ4n) is 4.83. The van der Waals surface area contributed by atoms with Gasteiger partial charge in [-0.3, -0.25) is 39.4 Å². The molecule has 0 spiro atoms. The maximum Gasteiger partial charge on any atom is 0.311 e. The Bertz CT molecular complexity index is 1170. The first-order valence-electron chi connectivity index (χ1n) is 10.3. The smallest absolute Gasteiger partial charge is 0.311 e. The number of carbonyl (C=O) groups excluding carboxylic acids is 2. The highest BCUT2D eigenvalue weighted by Gasteiger charge is 2.78. The van der Waals surface area contributed by atoms with E-state index in [9.17, 15) is 49.6 Å². The summed E-state index contributed by atoms with van der Waals surface area (Å²) in [7, 11) is 0. The molecule has 1 aliphatic carbocycles. The number of amides is 2. The Balaban J connectivity index is 1.93. The predicted molar refractivity (Wildman–Crippen MR) is 122 cm³/mol. The molecule has 0 radical (unpaired) electrons. The lowest BCUT2D eigenvalue weighted by molar-refractivity contribution is -0.385. The quantitative estimate of drug-likeness (QED) is 0.306. The topological polar surface area (TPSA) is 219 Å². The molecule has 2 aromatic carbocycles. The molecule has 1 fully saturated rings. The largest absolute Gasteiger partial charge is 0.481 e. The Morgan fingerprint density at radius 3 is 1.19 bits per heavy atom. The van der Waals surface area contributed by atoms with E-state index in [1.165, 1.54) is 24.3 Å². The average Bonchev–Trinajstić information content (AvgIpc) is 2.79. The van der Waals surface area contributed by atoms with E-state index in [-0.39, 0.29) is 22.7 Å². The van der Waals surface area contributed by atoms with E-state index < -0.39 is 56.3 Å². The van der Waals surface area contributed by atoms with Crippen LogP contribution < -0.4 is 10.6 Å². The molecule has 0 heterocycles. The van der Waals surface area contributed by atoms with Crippen molar-refractivity contribution < 1.29 is 39.2 Å². The van der Waals surface area contributed by atoms with Crippen molar-refractivity contribution in [1.29, 1.82) is 0 Å². The van der Waals surface area contributed by atoms with Gasteiger partial charge in [0.2, 0.25) is 11.8 Å². The first kappa shape index (κ1) is 25.7. The molecule has 0 unspecified atom stereocenters. The number of benzene rings is 2. The number of hydrogen-bond donors (Lipinski definition) is 4. The molecule has 0 saturated heterocycles. The summed E-state index contributed by atoms with van der Waals surface area (Å²) in [6, 6.07) is 9.20. The molecule has 188 valence electrons. The molecule has 0 bridgehead atoms. The van der Waals surface area contributed by atoms with Crippen LogP contribution in [-0.2, 0) is 19.2 Å². The van der Waals surface area contributed by atoms with Crippen LogP contribution in [0.5, 0.6) is 0 Å². The molecule has 2 amide bonds. The fourth-order valence-corrected chi connectivity index (χ4v) is 4.83. The number of nitrogens with one attached hydrogen (secondary N) is 2. The minimum Gasteiger partial charge on any atom is -0.481 e. The maximum atomic E-state index is 13.1. The third-order valence-electron chi connectivity index (χ3n) is 6.54. The molecule has 1 aliphatic rings. The lowest BCUT2D eigenvalue weighted by atomic mass is 9.39. The van der Waals surface area contributed by atoms with E-state index in [0.29, 0.717) is 0 Å². The Labute approximate surface area is 202 Å². The first-order chi connectivity index (χ1) is 16.7. The molecule has 0 atom stereocenters. The zero-order chi connectivity index (χ0) is 27.0. The molecule has 2 aromatic rings. The van der Waals surface area contributed by atoms with E-state index in [4.69, 9.17) is 0 Å². The summed E-state index contributed by atoms with van der Waals surface area (Å²) in [5, 5.41) is 46.3.